The molecule has 0 spiro atoms. The average molecular weight is 538 g/mol. The van der Waals surface area contributed by atoms with Gasteiger partial charge in [0.05, 0.1) is 40.7 Å². The molecule has 4 rings (SSSR count). The highest BCUT2D eigenvalue weighted by atomic mass is 35.5. The van der Waals surface area contributed by atoms with Crippen LogP contribution in [0.3, 0.4) is 0 Å². The number of ether oxygens (including phenoxy) is 2. The summed E-state index contributed by atoms with van der Waals surface area (Å²) < 4.78 is 36.9. The number of fused-ring (bicyclic) bond motifs is 1. The van der Waals surface area contributed by atoms with Gasteiger partial charge in [0.25, 0.3) is 0 Å². The molecule has 2 heterocycles. The van der Waals surface area contributed by atoms with Crippen molar-refractivity contribution in [3.05, 3.63) is 47.5 Å². The van der Waals surface area contributed by atoms with Crippen molar-refractivity contribution in [1.82, 2.24) is 9.88 Å². The van der Waals surface area contributed by atoms with Crippen LogP contribution in [0.5, 0.6) is 5.75 Å². The Morgan fingerprint density at radius 2 is 1.94 bits per heavy atom. The van der Waals surface area contributed by atoms with Crippen LogP contribution in [0.4, 0.5) is 5.13 Å². The number of carbonyl (C=O) groups excluding carboxylic acids is 1. The van der Waals surface area contributed by atoms with Gasteiger partial charge in [0.15, 0.2) is 15.0 Å². The molecule has 1 amide bonds. The standard InChI is InChI=1S/C24H28ClN3O5S2/c1-32-20-10-9-19(25)23-22(20)26-24(34-23)28(12-11-27-13-15-33-16-14-27)21(29)8-5-17-35(30,31)18-6-3-2-4-7-18/h2-4,6-7,9-10H,5,8,11-17H2,1H3. The third kappa shape index (κ3) is 6.31. The van der Waals surface area contributed by atoms with Gasteiger partial charge in [-0.15, -0.1) is 0 Å². The molecule has 0 N–H and O–H groups in total. The molecule has 1 saturated heterocycles. The van der Waals surface area contributed by atoms with E-state index in [2.05, 4.69) is 9.88 Å². The second kappa shape index (κ2) is 11.7. The first-order valence-corrected chi connectivity index (χ1v) is 14.2. The summed E-state index contributed by atoms with van der Waals surface area (Å²) in [4.78, 5) is 22.2. The number of nitrogens with zero attached hydrogens (tertiary/aromatic N) is 3. The number of hydrogen-bond acceptors (Lipinski definition) is 8. The van der Waals surface area contributed by atoms with E-state index in [-0.39, 0.29) is 29.4 Å². The van der Waals surface area contributed by atoms with Gasteiger partial charge in [0, 0.05) is 32.6 Å². The summed E-state index contributed by atoms with van der Waals surface area (Å²) in [5, 5.41) is 1.06. The molecule has 0 unspecified atom stereocenters. The molecule has 8 nitrogen and oxygen atoms in total. The van der Waals surface area contributed by atoms with Gasteiger partial charge in [-0.2, -0.15) is 0 Å². The summed E-state index contributed by atoms with van der Waals surface area (Å²) in [6.45, 7) is 4.04. The van der Waals surface area contributed by atoms with E-state index in [1.165, 1.54) is 11.3 Å². The van der Waals surface area contributed by atoms with Crippen LogP contribution < -0.4 is 9.64 Å². The number of methoxy groups -OCH3 is 1. The first-order chi connectivity index (χ1) is 16.9. The molecule has 1 aromatic heterocycles. The molecule has 11 heteroatoms. The SMILES string of the molecule is COc1ccc(Cl)c2sc(N(CCN3CCOCC3)C(=O)CCCS(=O)(=O)c3ccccc3)nc12. The normalized spacial score (nSPS) is 14.8. The number of rotatable bonds is 10. The molecular weight excluding hydrogens is 510 g/mol. The van der Waals surface area contributed by atoms with E-state index in [9.17, 15) is 13.2 Å². The number of anilines is 1. The number of halogens is 1. The molecular formula is C24H28ClN3O5S2. The van der Waals surface area contributed by atoms with E-state index in [1.807, 2.05) is 0 Å². The Morgan fingerprint density at radius 1 is 1.20 bits per heavy atom. The Bertz CT molecular complexity index is 1260. The van der Waals surface area contributed by atoms with Crippen molar-refractivity contribution < 1.29 is 22.7 Å². The smallest absolute Gasteiger partial charge is 0.228 e. The summed E-state index contributed by atoms with van der Waals surface area (Å²) in [5.74, 6) is 0.316. The van der Waals surface area contributed by atoms with Gasteiger partial charge < -0.3 is 9.47 Å². The number of aromatic nitrogens is 1. The molecule has 1 aliphatic rings. The van der Waals surface area contributed by atoms with Gasteiger partial charge in [-0.3, -0.25) is 14.6 Å². The van der Waals surface area contributed by atoms with Crippen LogP contribution in [0.25, 0.3) is 10.2 Å². The Kier molecular flexibility index (Phi) is 8.61. The average Bonchev–Trinajstić information content (AvgIpc) is 3.31. The maximum atomic E-state index is 13.3. The van der Waals surface area contributed by atoms with E-state index in [1.54, 1.807) is 54.5 Å². The summed E-state index contributed by atoms with van der Waals surface area (Å²) >= 11 is 7.73. The molecule has 1 fully saturated rings. The molecule has 35 heavy (non-hydrogen) atoms. The Morgan fingerprint density at radius 3 is 2.66 bits per heavy atom. The third-order valence-corrected chi connectivity index (χ3v) is 9.20. The van der Waals surface area contributed by atoms with E-state index in [0.717, 1.165) is 17.8 Å². The van der Waals surface area contributed by atoms with Crippen molar-refractivity contribution in [1.29, 1.82) is 0 Å². The fourth-order valence-corrected chi connectivity index (χ4v) is 6.54. The lowest BCUT2D eigenvalue weighted by molar-refractivity contribution is -0.118. The summed E-state index contributed by atoms with van der Waals surface area (Å²) in [5.41, 5.74) is 0.607. The van der Waals surface area contributed by atoms with Gasteiger partial charge >= 0.3 is 0 Å². The first kappa shape index (κ1) is 25.8. The van der Waals surface area contributed by atoms with Crippen molar-refractivity contribution in [3.8, 4) is 5.75 Å². The topological polar surface area (TPSA) is 89.0 Å². The highest BCUT2D eigenvalue weighted by molar-refractivity contribution is 7.91. The molecule has 0 bridgehead atoms. The molecule has 2 aromatic carbocycles. The van der Waals surface area contributed by atoms with Crippen molar-refractivity contribution >= 4 is 54.0 Å². The van der Waals surface area contributed by atoms with Crippen LogP contribution in [0.1, 0.15) is 12.8 Å². The maximum absolute atomic E-state index is 13.3. The first-order valence-electron chi connectivity index (χ1n) is 11.4. The number of morpholine rings is 1. The monoisotopic (exact) mass is 537 g/mol. The Labute approximate surface area is 214 Å². The number of hydrogen-bond donors (Lipinski definition) is 0. The highest BCUT2D eigenvalue weighted by Gasteiger charge is 2.24. The lowest BCUT2D eigenvalue weighted by atomic mass is 10.3. The zero-order valence-corrected chi connectivity index (χ0v) is 21.9. The second-order valence-electron chi connectivity index (χ2n) is 8.16. The number of amides is 1. The van der Waals surface area contributed by atoms with Crippen LogP contribution >= 0.6 is 22.9 Å². The minimum atomic E-state index is -3.45. The largest absolute Gasteiger partial charge is 0.494 e. The number of sulfone groups is 1. The zero-order valence-electron chi connectivity index (χ0n) is 19.5. The second-order valence-corrected chi connectivity index (χ2v) is 11.7. The van der Waals surface area contributed by atoms with Crippen molar-refractivity contribution in [3.63, 3.8) is 0 Å². The van der Waals surface area contributed by atoms with Crippen molar-refractivity contribution in [2.24, 2.45) is 0 Å². The Hall–Kier alpha value is -2.24. The van der Waals surface area contributed by atoms with Crippen LogP contribution in [-0.2, 0) is 19.4 Å². The van der Waals surface area contributed by atoms with E-state index in [4.69, 9.17) is 21.1 Å². The highest BCUT2D eigenvalue weighted by Crippen LogP contribution is 2.38. The zero-order chi connectivity index (χ0) is 24.8. The van der Waals surface area contributed by atoms with Gasteiger partial charge in [-0.25, -0.2) is 13.4 Å². The third-order valence-electron chi connectivity index (χ3n) is 5.85. The summed E-state index contributed by atoms with van der Waals surface area (Å²) in [7, 11) is -1.88. The Balaban J connectivity index is 1.51. The van der Waals surface area contributed by atoms with Crippen LogP contribution in [0.2, 0.25) is 5.02 Å². The fraction of sp³-hybridized carbons (Fsp3) is 0.417. The van der Waals surface area contributed by atoms with Gasteiger partial charge in [-0.1, -0.05) is 41.1 Å². The lowest BCUT2D eigenvalue weighted by Gasteiger charge is -2.29. The van der Waals surface area contributed by atoms with Crippen molar-refractivity contribution in [2.75, 3.05) is 57.2 Å². The minimum absolute atomic E-state index is 0.0932. The van der Waals surface area contributed by atoms with E-state index < -0.39 is 9.84 Å². The summed E-state index contributed by atoms with van der Waals surface area (Å²) in [6, 6.07) is 11.8. The number of benzene rings is 2. The van der Waals surface area contributed by atoms with Gasteiger partial charge in [0.2, 0.25) is 5.91 Å². The molecule has 0 aliphatic carbocycles. The predicted molar refractivity (Wildman–Crippen MR) is 139 cm³/mol. The van der Waals surface area contributed by atoms with Crippen molar-refractivity contribution in [2.45, 2.75) is 17.7 Å². The van der Waals surface area contributed by atoms with E-state index >= 15 is 0 Å². The van der Waals surface area contributed by atoms with Crippen LogP contribution in [0.15, 0.2) is 47.4 Å². The van der Waals surface area contributed by atoms with Crippen LogP contribution in [-0.4, -0.2) is 76.5 Å². The fourth-order valence-electron chi connectivity index (χ4n) is 3.91. The van der Waals surface area contributed by atoms with Gasteiger partial charge in [-0.05, 0) is 30.7 Å². The summed E-state index contributed by atoms with van der Waals surface area (Å²) in [6.07, 6.45) is 0.315. The predicted octanol–water partition coefficient (Wildman–Crippen LogP) is 3.88. The molecule has 0 saturated carbocycles. The molecule has 3 aromatic rings. The minimum Gasteiger partial charge on any atom is -0.494 e. The maximum Gasteiger partial charge on any atom is 0.228 e. The molecule has 188 valence electrons. The number of thiazole rings is 1. The quantitative estimate of drug-likeness (QED) is 0.388. The molecule has 0 radical (unpaired) electrons. The molecule has 1 aliphatic heterocycles. The van der Waals surface area contributed by atoms with Gasteiger partial charge in [0.1, 0.15) is 11.3 Å². The lowest BCUT2D eigenvalue weighted by Crippen LogP contribution is -2.43. The van der Waals surface area contributed by atoms with E-state index in [0.29, 0.717) is 47.7 Å². The number of carbonyl (C=O) groups is 1. The van der Waals surface area contributed by atoms with Crippen LogP contribution in [0, 0.1) is 0 Å². The molecule has 0 atom stereocenters.